The molecule has 21 heavy (non-hydrogen) atoms. The molecule has 1 unspecified atom stereocenters. The molecule has 1 aliphatic rings. The molecular formula is C17H24N2O2. The van der Waals surface area contributed by atoms with Gasteiger partial charge in [0.15, 0.2) is 0 Å². The number of benzene rings is 1. The van der Waals surface area contributed by atoms with Crippen LogP contribution in [0.15, 0.2) is 24.3 Å². The van der Waals surface area contributed by atoms with Crippen molar-refractivity contribution in [3.8, 4) is 6.07 Å². The van der Waals surface area contributed by atoms with E-state index in [9.17, 15) is 5.11 Å². The zero-order valence-corrected chi connectivity index (χ0v) is 12.4. The van der Waals surface area contributed by atoms with E-state index in [1.54, 1.807) is 12.1 Å². The van der Waals surface area contributed by atoms with E-state index in [0.29, 0.717) is 31.4 Å². The van der Waals surface area contributed by atoms with Crippen molar-refractivity contribution < 1.29 is 9.84 Å². The lowest BCUT2D eigenvalue weighted by atomic mass is 9.98. The number of aliphatic hydroxyl groups is 1. The molecule has 4 heteroatoms. The van der Waals surface area contributed by atoms with Crippen LogP contribution in [-0.4, -0.2) is 30.5 Å². The topological polar surface area (TPSA) is 65.3 Å². The van der Waals surface area contributed by atoms with Gasteiger partial charge in [-0.05, 0) is 30.5 Å². The molecule has 4 nitrogen and oxygen atoms in total. The minimum Gasteiger partial charge on any atom is -0.389 e. The maximum Gasteiger partial charge on any atom is 0.0991 e. The van der Waals surface area contributed by atoms with Gasteiger partial charge in [0.2, 0.25) is 0 Å². The van der Waals surface area contributed by atoms with Gasteiger partial charge in [0.25, 0.3) is 0 Å². The highest BCUT2D eigenvalue weighted by Gasteiger charge is 2.15. The Bertz CT molecular complexity index is 447. The summed E-state index contributed by atoms with van der Waals surface area (Å²) in [5.74, 6) is 0. The predicted molar refractivity (Wildman–Crippen MR) is 81.7 cm³/mol. The van der Waals surface area contributed by atoms with Crippen LogP contribution in [-0.2, 0) is 11.3 Å². The fourth-order valence-electron chi connectivity index (χ4n) is 2.62. The Morgan fingerprint density at radius 3 is 2.62 bits per heavy atom. The standard InChI is InChI=1S/C17H24N2O2/c18-10-14-6-8-15(9-7-14)11-19-12-16(20)13-21-17-4-2-1-3-5-17/h6-9,16-17,19-20H,1-5,11-13H2. The molecule has 0 amide bonds. The molecule has 0 spiro atoms. The molecule has 2 N–H and O–H groups in total. The van der Waals surface area contributed by atoms with Gasteiger partial charge in [-0.1, -0.05) is 31.4 Å². The Labute approximate surface area is 126 Å². The van der Waals surface area contributed by atoms with Crippen molar-refractivity contribution in [2.24, 2.45) is 0 Å². The van der Waals surface area contributed by atoms with Crippen molar-refractivity contribution in [1.29, 1.82) is 5.26 Å². The second-order valence-electron chi connectivity index (χ2n) is 5.69. The molecule has 0 radical (unpaired) electrons. The number of rotatable bonds is 7. The average Bonchev–Trinajstić information content (AvgIpc) is 2.54. The summed E-state index contributed by atoms with van der Waals surface area (Å²) >= 11 is 0. The van der Waals surface area contributed by atoms with Crippen LogP contribution in [0.2, 0.25) is 0 Å². The Balaban J connectivity index is 1.59. The first-order chi connectivity index (χ1) is 10.3. The van der Waals surface area contributed by atoms with E-state index < -0.39 is 6.10 Å². The number of hydrogen-bond donors (Lipinski definition) is 2. The van der Waals surface area contributed by atoms with Crippen LogP contribution in [0.5, 0.6) is 0 Å². The van der Waals surface area contributed by atoms with E-state index in [2.05, 4.69) is 11.4 Å². The first kappa shape index (κ1) is 16.0. The number of hydrogen-bond acceptors (Lipinski definition) is 4. The number of aliphatic hydroxyl groups excluding tert-OH is 1. The van der Waals surface area contributed by atoms with Gasteiger partial charge in [-0.3, -0.25) is 0 Å². The third-order valence-corrected chi connectivity index (χ3v) is 3.87. The van der Waals surface area contributed by atoms with Crippen LogP contribution in [0.1, 0.15) is 43.2 Å². The van der Waals surface area contributed by atoms with E-state index in [1.807, 2.05) is 12.1 Å². The zero-order chi connectivity index (χ0) is 14.9. The molecule has 0 heterocycles. The van der Waals surface area contributed by atoms with Gasteiger partial charge < -0.3 is 15.2 Å². The number of nitrogens with one attached hydrogen (secondary N) is 1. The van der Waals surface area contributed by atoms with Crippen molar-refractivity contribution >= 4 is 0 Å². The van der Waals surface area contributed by atoms with E-state index in [4.69, 9.17) is 10.00 Å². The van der Waals surface area contributed by atoms with Crippen molar-refractivity contribution in [3.63, 3.8) is 0 Å². The van der Waals surface area contributed by atoms with Gasteiger partial charge in [-0.15, -0.1) is 0 Å². The number of nitrogens with zero attached hydrogens (tertiary/aromatic N) is 1. The summed E-state index contributed by atoms with van der Waals surface area (Å²) in [6, 6.07) is 9.56. The molecule has 1 aromatic carbocycles. The lowest BCUT2D eigenvalue weighted by molar-refractivity contribution is -0.0230. The molecule has 1 fully saturated rings. The van der Waals surface area contributed by atoms with Crippen LogP contribution in [0.4, 0.5) is 0 Å². The van der Waals surface area contributed by atoms with Crippen molar-refractivity contribution in [3.05, 3.63) is 35.4 Å². The summed E-state index contributed by atoms with van der Waals surface area (Å²) < 4.78 is 5.75. The van der Waals surface area contributed by atoms with Crippen LogP contribution in [0.25, 0.3) is 0 Å². The fourth-order valence-corrected chi connectivity index (χ4v) is 2.62. The van der Waals surface area contributed by atoms with Gasteiger partial charge >= 0.3 is 0 Å². The monoisotopic (exact) mass is 288 g/mol. The van der Waals surface area contributed by atoms with Crippen molar-refractivity contribution in [2.75, 3.05) is 13.2 Å². The van der Waals surface area contributed by atoms with E-state index in [1.165, 1.54) is 19.3 Å². The van der Waals surface area contributed by atoms with Crippen LogP contribution >= 0.6 is 0 Å². The first-order valence-electron chi connectivity index (χ1n) is 7.77. The summed E-state index contributed by atoms with van der Waals surface area (Å²) in [7, 11) is 0. The lowest BCUT2D eigenvalue weighted by Crippen LogP contribution is -2.32. The van der Waals surface area contributed by atoms with Gasteiger partial charge in [-0.2, -0.15) is 5.26 Å². The molecule has 0 bridgehead atoms. The molecule has 1 aromatic rings. The summed E-state index contributed by atoms with van der Waals surface area (Å²) in [5, 5.41) is 21.9. The highest BCUT2D eigenvalue weighted by Crippen LogP contribution is 2.20. The molecule has 0 aliphatic heterocycles. The molecule has 1 saturated carbocycles. The van der Waals surface area contributed by atoms with E-state index >= 15 is 0 Å². The fraction of sp³-hybridized carbons (Fsp3) is 0.588. The van der Waals surface area contributed by atoms with Gasteiger partial charge in [0.1, 0.15) is 0 Å². The molecule has 1 aliphatic carbocycles. The van der Waals surface area contributed by atoms with Crippen molar-refractivity contribution in [2.45, 2.75) is 50.9 Å². The van der Waals surface area contributed by atoms with Gasteiger partial charge in [0.05, 0.1) is 30.4 Å². The van der Waals surface area contributed by atoms with E-state index in [-0.39, 0.29) is 0 Å². The smallest absolute Gasteiger partial charge is 0.0991 e. The van der Waals surface area contributed by atoms with Crippen LogP contribution < -0.4 is 5.32 Å². The first-order valence-corrected chi connectivity index (χ1v) is 7.77. The normalized spacial score (nSPS) is 17.3. The Kier molecular flexibility index (Phi) is 6.68. The highest BCUT2D eigenvalue weighted by atomic mass is 16.5. The number of nitriles is 1. The lowest BCUT2D eigenvalue weighted by Gasteiger charge is -2.23. The van der Waals surface area contributed by atoms with Crippen molar-refractivity contribution in [1.82, 2.24) is 5.32 Å². The number of ether oxygens (including phenoxy) is 1. The molecule has 2 rings (SSSR count). The van der Waals surface area contributed by atoms with Crippen LogP contribution in [0, 0.1) is 11.3 Å². The molecule has 114 valence electrons. The Hall–Kier alpha value is -1.41. The minimum atomic E-state index is -0.467. The average molecular weight is 288 g/mol. The largest absolute Gasteiger partial charge is 0.389 e. The Morgan fingerprint density at radius 2 is 1.95 bits per heavy atom. The summed E-state index contributed by atoms with van der Waals surface area (Å²) in [6.07, 6.45) is 5.94. The second kappa shape index (κ2) is 8.78. The predicted octanol–water partition coefficient (Wildman–Crippen LogP) is 2.36. The SMILES string of the molecule is N#Cc1ccc(CNCC(O)COC2CCCCC2)cc1. The summed E-state index contributed by atoms with van der Waals surface area (Å²) in [5.41, 5.74) is 1.77. The van der Waals surface area contributed by atoms with Gasteiger partial charge in [0, 0.05) is 13.1 Å². The third-order valence-electron chi connectivity index (χ3n) is 3.87. The Morgan fingerprint density at radius 1 is 1.24 bits per heavy atom. The third kappa shape index (κ3) is 5.84. The van der Waals surface area contributed by atoms with Crippen LogP contribution in [0.3, 0.4) is 0 Å². The van der Waals surface area contributed by atoms with E-state index in [0.717, 1.165) is 18.4 Å². The molecule has 0 aromatic heterocycles. The molecule has 0 saturated heterocycles. The quantitative estimate of drug-likeness (QED) is 0.808. The molecule has 1 atom stereocenters. The summed E-state index contributed by atoms with van der Waals surface area (Å²) in [4.78, 5) is 0. The second-order valence-corrected chi connectivity index (χ2v) is 5.69. The zero-order valence-electron chi connectivity index (χ0n) is 12.4. The maximum atomic E-state index is 9.91. The minimum absolute atomic E-state index is 0.340. The molecular weight excluding hydrogens is 264 g/mol. The summed E-state index contributed by atoms with van der Waals surface area (Å²) in [6.45, 7) is 1.62. The van der Waals surface area contributed by atoms with Gasteiger partial charge in [-0.25, -0.2) is 0 Å². The highest BCUT2D eigenvalue weighted by molar-refractivity contribution is 5.31. The maximum absolute atomic E-state index is 9.91.